The Morgan fingerprint density at radius 3 is 2.09 bits per heavy atom. The first-order valence-corrected chi connectivity index (χ1v) is 12.5. The van der Waals surface area contributed by atoms with E-state index in [1.807, 2.05) is 51.1 Å². The molecule has 1 unspecified atom stereocenters. The minimum atomic E-state index is -3.87. The van der Waals surface area contributed by atoms with E-state index in [1.165, 1.54) is 0 Å². The van der Waals surface area contributed by atoms with Gasteiger partial charge in [-0.3, -0.25) is 4.79 Å². The number of amides is 1. The number of hydrogen-bond donors (Lipinski definition) is 1. The number of sulfonamides is 1. The number of hydrogen-bond acceptors (Lipinski definition) is 5. The maximum absolute atomic E-state index is 13.2. The molecule has 0 spiro atoms. The van der Waals surface area contributed by atoms with Crippen LogP contribution in [0.1, 0.15) is 36.1 Å². The molecule has 0 aliphatic rings. The lowest BCUT2D eigenvalue weighted by Gasteiger charge is -2.27. The summed E-state index contributed by atoms with van der Waals surface area (Å²) in [5, 5.41) is 0. The molecule has 0 aliphatic heterocycles. The van der Waals surface area contributed by atoms with Gasteiger partial charge < -0.3 is 14.4 Å². The van der Waals surface area contributed by atoms with E-state index >= 15 is 0 Å². The fraction of sp³-hybridized carbons (Fsp3) is 0.480. The van der Waals surface area contributed by atoms with Gasteiger partial charge in [-0.1, -0.05) is 37.6 Å². The van der Waals surface area contributed by atoms with Crippen molar-refractivity contribution in [2.75, 3.05) is 27.8 Å². The third kappa shape index (κ3) is 6.48. The number of carbonyl (C=O) groups is 1. The first kappa shape index (κ1) is 26.7. The molecule has 0 heterocycles. The van der Waals surface area contributed by atoms with Gasteiger partial charge in [0.05, 0.1) is 19.1 Å². The van der Waals surface area contributed by atoms with Gasteiger partial charge in [0.25, 0.3) is 0 Å². The average Bonchev–Trinajstić information content (AvgIpc) is 2.73. The number of nitrogens with one attached hydrogen (secondary N) is 1. The lowest BCUT2D eigenvalue weighted by molar-refractivity contribution is -0.132. The summed E-state index contributed by atoms with van der Waals surface area (Å²) in [5.41, 5.74) is 3.31. The summed E-state index contributed by atoms with van der Waals surface area (Å²) in [6.45, 7) is 9.58. The van der Waals surface area contributed by atoms with Crippen molar-refractivity contribution < 1.29 is 22.7 Å². The summed E-state index contributed by atoms with van der Waals surface area (Å²) >= 11 is 0. The van der Waals surface area contributed by atoms with Gasteiger partial charge in [-0.15, -0.1) is 0 Å². The van der Waals surface area contributed by atoms with Crippen molar-refractivity contribution in [1.29, 1.82) is 0 Å². The average molecular weight is 477 g/mol. The van der Waals surface area contributed by atoms with Gasteiger partial charge in [-0.05, 0) is 61.9 Å². The third-order valence-corrected chi connectivity index (χ3v) is 7.39. The molecule has 1 atom stereocenters. The highest BCUT2D eigenvalue weighted by Crippen LogP contribution is 2.28. The van der Waals surface area contributed by atoms with Crippen molar-refractivity contribution in [3.63, 3.8) is 0 Å². The van der Waals surface area contributed by atoms with Crippen LogP contribution >= 0.6 is 0 Å². The highest BCUT2D eigenvalue weighted by molar-refractivity contribution is 7.89. The number of aryl methyl sites for hydroxylation is 3. The number of likely N-dealkylation sites (N-methyl/N-ethyl adjacent to an activating group) is 1. The van der Waals surface area contributed by atoms with E-state index in [0.717, 1.165) is 11.1 Å². The summed E-state index contributed by atoms with van der Waals surface area (Å²) in [7, 11) is 0.974. The van der Waals surface area contributed by atoms with Crippen molar-refractivity contribution in [2.45, 2.75) is 52.0 Å². The summed E-state index contributed by atoms with van der Waals surface area (Å²) < 4.78 is 39.7. The Balaban J connectivity index is 2.18. The molecule has 0 bridgehead atoms. The molecular formula is C25H36N2O5S. The molecule has 7 nitrogen and oxygen atoms in total. The van der Waals surface area contributed by atoms with E-state index in [-0.39, 0.29) is 16.7 Å². The molecule has 0 saturated carbocycles. The Kier molecular flexibility index (Phi) is 8.91. The Bertz CT molecular complexity index is 1070. The van der Waals surface area contributed by atoms with Crippen LogP contribution in [0.4, 0.5) is 0 Å². The van der Waals surface area contributed by atoms with Crippen LogP contribution in [0.2, 0.25) is 0 Å². The lowest BCUT2D eigenvalue weighted by Crippen LogP contribution is -2.50. The van der Waals surface area contributed by atoms with Gasteiger partial charge in [0.1, 0.15) is 6.04 Å². The van der Waals surface area contributed by atoms with Crippen molar-refractivity contribution in [3.05, 3.63) is 52.6 Å². The molecule has 33 heavy (non-hydrogen) atoms. The highest BCUT2D eigenvalue weighted by Gasteiger charge is 2.31. The van der Waals surface area contributed by atoms with Crippen LogP contribution in [-0.2, 0) is 21.2 Å². The Morgan fingerprint density at radius 1 is 1.00 bits per heavy atom. The van der Waals surface area contributed by atoms with Crippen LogP contribution in [0, 0.1) is 26.7 Å². The standard InChI is InChI=1S/C25H36N2O5S/c1-16(2)23(26-33(29,30)24-18(4)13-17(3)14-19(24)5)25(28)27(6)12-11-20-9-10-21(31-7)22(15-20)32-8/h9-10,13-16,23,26H,11-12H2,1-8H3. The summed E-state index contributed by atoms with van der Waals surface area (Å²) in [6, 6.07) is 8.43. The maximum Gasteiger partial charge on any atom is 0.241 e. The van der Waals surface area contributed by atoms with Gasteiger partial charge in [0.2, 0.25) is 15.9 Å². The minimum absolute atomic E-state index is 0.220. The molecular weight excluding hydrogens is 440 g/mol. The number of methoxy groups -OCH3 is 2. The van der Waals surface area contributed by atoms with E-state index in [4.69, 9.17) is 9.47 Å². The third-order valence-electron chi connectivity index (χ3n) is 5.65. The molecule has 2 rings (SSSR count). The molecule has 0 aromatic heterocycles. The second kappa shape index (κ2) is 11.0. The number of rotatable bonds is 10. The molecule has 2 aromatic rings. The smallest absolute Gasteiger partial charge is 0.241 e. The quantitative estimate of drug-likeness (QED) is 0.566. The number of benzene rings is 2. The van der Waals surface area contributed by atoms with Crippen LogP contribution in [-0.4, -0.2) is 53.1 Å². The predicted molar refractivity (Wildman–Crippen MR) is 130 cm³/mol. The number of nitrogens with zero attached hydrogens (tertiary/aromatic N) is 1. The normalized spacial score (nSPS) is 12.5. The van der Waals surface area contributed by atoms with Gasteiger partial charge >= 0.3 is 0 Å². The van der Waals surface area contributed by atoms with E-state index < -0.39 is 16.1 Å². The van der Waals surface area contributed by atoms with Crippen LogP contribution < -0.4 is 14.2 Å². The van der Waals surface area contributed by atoms with E-state index in [0.29, 0.717) is 35.6 Å². The van der Waals surface area contributed by atoms with Gasteiger partial charge in [-0.25, -0.2) is 8.42 Å². The monoisotopic (exact) mass is 476 g/mol. The zero-order valence-corrected chi connectivity index (χ0v) is 21.7. The predicted octanol–water partition coefficient (Wildman–Crippen LogP) is 3.63. The Labute approximate surface area is 198 Å². The molecule has 0 fully saturated rings. The summed E-state index contributed by atoms with van der Waals surface area (Å²) in [4.78, 5) is 15.0. The van der Waals surface area contributed by atoms with Crippen molar-refractivity contribution in [3.8, 4) is 11.5 Å². The Morgan fingerprint density at radius 2 is 1.58 bits per heavy atom. The molecule has 1 amide bonds. The van der Waals surface area contributed by atoms with Crippen LogP contribution in [0.15, 0.2) is 35.2 Å². The van der Waals surface area contributed by atoms with Gasteiger partial charge in [-0.2, -0.15) is 4.72 Å². The molecule has 182 valence electrons. The topological polar surface area (TPSA) is 84.9 Å². The zero-order chi connectivity index (χ0) is 24.9. The second-order valence-corrected chi connectivity index (χ2v) is 10.4. The van der Waals surface area contributed by atoms with E-state index in [9.17, 15) is 13.2 Å². The van der Waals surface area contributed by atoms with Crippen molar-refractivity contribution in [2.24, 2.45) is 5.92 Å². The molecule has 1 N–H and O–H groups in total. The number of carbonyl (C=O) groups excluding carboxylic acids is 1. The summed E-state index contributed by atoms with van der Waals surface area (Å²) in [5.74, 6) is 0.778. The largest absolute Gasteiger partial charge is 0.493 e. The fourth-order valence-corrected chi connectivity index (χ4v) is 5.76. The first-order valence-electron chi connectivity index (χ1n) is 11.0. The lowest BCUT2D eigenvalue weighted by atomic mass is 10.0. The minimum Gasteiger partial charge on any atom is -0.493 e. The maximum atomic E-state index is 13.2. The SMILES string of the molecule is COc1ccc(CCN(C)C(=O)C(NS(=O)(=O)c2c(C)cc(C)cc2C)C(C)C)cc1OC. The first-order chi connectivity index (χ1) is 15.4. The molecule has 0 aliphatic carbocycles. The van der Waals surface area contributed by atoms with Crippen LogP contribution in [0.25, 0.3) is 0 Å². The van der Waals surface area contributed by atoms with E-state index in [1.54, 1.807) is 40.0 Å². The van der Waals surface area contributed by atoms with Crippen molar-refractivity contribution in [1.82, 2.24) is 9.62 Å². The highest BCUT2D eigenvalue weighted by atomic mass is 32.2. The second-order valence-electron chi connectivity index (χ2n) is 8.77. The molecule has 8 heteroatoms. The van der Waals surface area contributed by atoms with Crippen LogP contribution in [0.3, 0.4) is 0 Å². The van der Waals surface area contributed by atoms with E-state index in [2.05, 4.69) is 4.72 Å². The Hall–Kier alpha value is -2.58. The summed E-state index contributed by atoms with van der Waals surface area (Å²) in [6.07, 6.45) is 0.594. The van der Waals surface area contributed by atoms with Crippen LogP contribution in [0.5, 0.6) is 11.5 Å². The molecule has 0 radical (unpaired) electrons. The number of ether oxygens (including phenoxy) is 2. The van der Waals surface area contributed by atoms with Gasteiger partial charge in [0, 0.05) is 13.6 Å². The molecule has 2 aromatic carbocycles. The fourth-order valence-electron chi connectivity index (χ4n) is 3.97. The zero-order valence-electron chi connectivity index (χ0n) is 20.9. The molecule has 0 saturated heterocycles. The van der Waals surface area contributed by atoms with Gasteiger partial charge in [0.15, 0.2) is 11.5 Å². The van der Waals surface area contributed by atoms with Crippen molar-refractivity contribution >= 4 is 15.9 Å².